The van der Waals surface area contributed by atoms with Gasteiger partial charge < -0.3 is 9.47 Å². The fourth-order valence-electron chi connectivity index (χ4n) is 3.16. The highest BCUT2D eigenvalue weighted by Crippen LogP contribution is 2.25. The van der Waals surface area contributed by atoms with Crippen LogP contribution in [-0.2, 0) is 17.8 Å². The summed E-state index contributed by atoms with van der Waals surface area (Å²) in [7, 11) is 0. The molecule has 1 aromatic heterocycles. The van der Waals surface area contributed by atoms with E-state index >= 15 is 0 Å². The number of rotatable bonds is 8. The summed E-state index contributed by atoms with van der Waals surface area (Å²) in [6.45, 7) is 13.1. The third kappa shape index (κ3) is 4.87. The molecular formula is C20H30N4OS. The first-order chi connectivity index (χ1) is 12.3. The van der Waals surface area contributed by atoms with E-state index in [1.165, 1.54) is 17.3 Å². The first kappa shape index (κ1) is 20.5. The summed E-state index contributed by atoms with van der Waals surface area (Å²) >= 11 is 1.50. The number of carbonyl (C=O) groups excluding carboxylic acids is 1. The highest BCUT2D eigenvalue weighted by Gasteiger charge is 2.27. The number of hydrogen-bond donors (Lipinski definition) is 0. The number of amides is 1. The summed E-state index contributed by atoms with van der Waals surface area (Å²) in [6, 6.07) is 10.6. The van der Waals surface area contributed by atoms with Gasteiger partial charge in [0.25, 0.3) is 0 Å². The molecule has 0 spiro atoms. The van der Waals surface area contributed by atoms with Gasteiger partial charge in [0.2, 0.25) is 5.91 Å². The molecule has 1 aromatic carbocycles. The maximum atomic E-state index is 12.9. The fourth-order valence-corrected chi connectivity index (χ4v) is 4.15. The van der Waals surface area contributed by atoms with Gasteiger partial charge in [-0.15, -0.1) is 10.2 Å². The van der Waals surface area contributed by atoms with Crippen molar-refractivity contribution < 1.29 is 4.79 Å². The molecule has 0 aliphatic heterocycles. The maximum Gasteiger partial charge on any atom is 0.236 e. The number of carbonyl (C=O) groups is 1. The molecule has 2 aromatic rings. The number of aromatic nitrogens is 3. The van der Waals surface area contributed by atoms with Gasteiger partial charge in [0.15, 0.2) is 5.16 Å². The molecule has 0 saturated carbocycles. The smallest absolute Gasteiger partial charge is 0.236 e. The summed E-state index contributed by atoms with van der Waals surface area (Å²) in [5.41, 5.74) is 1.21. The van der Waals surface area contributed by atoms with E-state index in [1.807, 2.05) is 30.0 Å². The van der Waals surface area contributed by atoms with Gasteiger partial charge in [-0.2, -0.15) is 0 Å². The van der Waals surface area contributed by atoms with Crippen molar-refractivity contribution in [2.45, 2.75) is 77.0 Å². The predicted molar refractivity (Wildman–Crippen MR) is 107 cm³/mol. The van der Waals surface area contributed by atoms with Crippen LogP contribution in [0.1, 0.15) is 52.9 Å². The molecule has 1 amide bonds. The lowest BCUT2D eigenvalue weighted by Crippen LogP contribution is -2.45. The fraction of sp³-hybridized carbons (Fsp3) is 0.550. The molecule has 0 bridgehead atoms. The molecule has 0 aliphatic rings. The zero-order valence-corrected chi connectivity index (χ0v) is 17.5. The molecule has 1 atom stereocenters. The van der Waals surface area contributed by atoms with Crippen molar-refractivity contribution in [2.75, 3.05) is 0 Å². The van der Waals surface area contributed by atoms with E-state index in [-0.39, 0.29) is 23.2 Å². The Morgan fingerprint density at radius 1 is 1.08 bits per heavy atom. The average Bonchev–Trinajstić information content (AvgIpc) is 2.96. The minimum Gasteiger partial charge on any atom is -0.337 e. The molecule has 2 rings (SSSR count). The molecule has 142 valence electrons. The zero-order chi connectivity index (χ0) is 19.3. The molecule has 1 heterocycles. The van der Waals surface area contributed by atoms with Crippen LogP contribution < -0.4 is 0 Å². The topological polar surface area (TPSA) is 51.0 Å². The third-order valence-corrected chi connectivity index (χ3v) is 5.38. The molecule has 0 saturated heterocycles. The van der Waals surface area contributed by atoms with E-state index in [0.717, 1.165) is 23.9 Å². The number of thioether (sulfide) groups is 1. The van der Waals surface area contributed by atoms with Gasteiger partial charge in [0, 0.05) is 25.0 Å². The largest absolute Gasteiger partial charge is 0.337 e. The Hall–Kier alpha value is -1.82. The van der Waals surface area contributed by atoms with Crippen LogP contribution in [0.2, 0.25) is 0 Å². The highest BCUT2D eigenvalue weighted by molar-refractivity contribution is 8.00. The van der Waals surface area contributed by atoms with Gasteiger partial charge in [0.1, 0.15) is 5.82 Å². The summed E-state index contributed by atoms with van der Waals surface area (Å²) < 4.78 is 2.11. The van der Waals surface area contributed by atoms with Crippen LogP contribution in [0.15, 0.2) is 35.5 Å². The second-order valence-electron chi connectivity index (χ2n) is 7.00. The minimum atomic E-state index is -0.195. The summed E-state index contributed by atoms with van der Waals surface area (Å²) in [5, 5.41) is 9.35. The van der Waals surface area contributed by atoms with Crippen molar-refractivity contribution in [1.82, 2.24) is 19.7 Å². The van der Waals surface area contributed by atoms with Gasteiger partial charge in [-0.25, -0.2) is 0 Å². The Bertz CT molecular complexity index is 704. The van der Waals surface area contributed by atoms with Crippen LogP contribution in [0.4, 0.5) is 0 Å². The molecule has 5 nitrogen and oxygen atoms in total. The normalized spacial score (nSPS) is 12.6. The molecule has 0 aliphatic carbocycles. The van der Waals surface area contributed by atoms with E-state index < -0.39 is 0 Å². The van der Waals surface area contributed by atoms with Crippen molar-refractivity contribution in [3.63, 3.8) is 0 Å². The van der Waals surface area contributed by atoms with E-state index in [4.69, 9.17) is 0 Å². The first-order valence-corrected chi connectivity index (χ1v) is 10.2. The van der Waals surface area contributed by atoms with Gasteiger partial charge in [-0.1, -0.05) is 42.1 Å². The van der Waals surface area contributed by atoms with Crippen molar-refractivity contribution in [1.29, 1.82) is 0 Å². The lowest BCUT2D eigenvalue weighted by molar-refractivity contribution is -0.133. The summed E-state index contributed by atoms with van der Waals surface area (Å²) in [5.74, 6) is 1.08. The second-order valence-corrected chi connectivity index (χ2v) is 8.31. The molecule has 6 heteroatoms. The maximum absolute atomic E-state index is 12.9. The van der Waals surface area contributed by atoms with Crippen LogP contribution in [0.5, 0.6) is 0 Å². The summed E-state index contributed by atoms with van der Waals surface area (Å²) in [4.78, 5) is 14.8. The average molecular weight is 375 g/mol. The van der Waals surface area contributed by atoms with Crippen LogP contribution in [0.25, 0.3) is 0 Å². The Labute approximate surface area is 161 Å². The molecule has 26 heavy (non-hydrogen) atoms. The number of hydrogen-bond acceptors (Lipinski definition) is 4. The predicted octanol–water partition coefficient (Wildman–Crippen LogP) is 4.01. The monoisotopic (exact) mass is 374 g/mol. The van der Waals surface area contributed by atoms with Crippen molar-refractivity contribution in [3.05, 3.63) is 41.7 Å². The Morgan fingerprint density at radius 2 is 1.69 bits per heavy atom. The zero-order valence-electron chi connectivity index (χ0n) is 16.6. The second kappa shape index (κ2) is 9.21. The quantitative estimate of drug-likeness (QED) is 0.655. The SMILES string of the molecule is CCn1c(Cc2ccccc2)nnc1SC(C)C(=O)N(C(C)C)C(C)C. The van der Waals surface area contributed by atoms with Crippen molar-refractivity contribution in [3.8, 4) is 0 Å². The standard InChI is InChI=1S/C20H30N4OS/c1-7-23-18(13-17-11-9-8-10-12-17)21-22-20(23)26-16(6)19(25)24(14(2)3)15(4)5/h8-12,14-16H,7,13H2,1-6H3. The van der Waals surface area contributed by atoms with E-state index in [9.17, 15) is 4.79 Å². The van der Waals surface area contributed by atoms with Crippen LogP contribution in [-0.4, -0.2) is 42.9 Å². The van der Waals surface area contributed by atoms with Crippen LogP contribution >= 0.6 is 11.8 Å². The van der Waals surface area contributed by atoms with E-state index in [0.29, 0.717) is 0 Å². The van der Waals surface area contributed by atoms with Gasteiger partial charge in [-0.3, -0.25) is 4.79 Å². The first-order valence-electron chi connectivity index (χ1n) is 9.29. The molecular weight excluding hydrogens is 344 g/mol. The van der Waals surface area contributed by atoms with Gasteiger partial charge >= 0.3 is 0 Å². The number of benzene rings is 1. The molecule has 1 unspecified atom stereocenters. The lowest BCUT2D eigenvalue weighted by atomic mass is 10.1. The van der Waals surface area contributed by atoms with Crippen LogP contribution in [0.3, 0.4) is 0 Å². The van der Waals surface area contributed by atoms with Crippen molar-refractivity contribution >= 4 is 17.7 Å². The molecule has 0 fully saturated rings. The highest BCUT2D eigenvalue weighted by atomic mass is 32.2. The molecule has 0 N–H and O–H groups in total. The molecule has 0 radical (unpaired) electrons. The van der Waals surface area contributed by atoms with Crippen LogP contribution in [0, 0.1) is 0 Å². The Kier molecular flexibility index (Phi) is 7.26. The van der Waals surface area contributed by atoms with Gasteiger partial charge in [-0.05, 0) is 47.1 Å². The van der Waals surface area contributed by atoms with Gasteiger partial charge in [0.05, 0.1) is 5.25 Å². The van der Waals surface area contributed by atoms with Crippen molar-refractivity contribution in [2.24, 2.45) is 0 Å². The number of nitrogens with zero attached hydrogens (tertiary/aromatic N) is 4. The minimum absolute atomic E-state index is 0.148. The Morgan fingerprint density at radius 3 is 2.23 bits per heavy atom. The lowest BCUT2D eigenvalue weighted by Gasteiger charge is -2.32. The summed E-state index contributed by atoms with van der Waals surface area (Å²) in [6.07, 6.45) is 0.745. The third-order valence-electron chi connectivity index (χ3n) is 4.31. The van der Waals surface area contributed by atoms with E-state index in [2.05, 4.69) is 61.5 Å². The van der Waals surface area contributed by atoms with E-state index in [1.54, 1.807) is 0 Å². The Balaban J connectivity index is 2.15.